The van der Waals surface area contributed by atoms with Crippen molar-refractivity contribution in [3.8, 4) is 22.8 Å². The number of hydrogen-bond donors (Lipinski definition) is 1. The van der Waals surface area contributed by atoms with Crippen molar-refractivity contribution in [3.05, 3.63) is 53.0 Å². The maximum Gasteiger partial charge on any atom is 0.230 e. The van der Waals surface area contributed by atoms with Crippen LogP contribution in [0.2, 0.25) is 0 Å². The Morgan fingerprint density at radius 3 is 2.47 bits per heavy atom. The third-order valence-corrected chi connectivity index (χ3v) is 5.95. The maximum absolute atomic E-state index is 12.3. The fraction of sp³-hybridized carbons (Fsp3) is 0.318. The van der Waals surface area contributed by atoms with Crippen molar-refractivity contribution in [3.63, 3.8) is 0 Å². The highest BCUT2D eigenvalue weighted by molar-refractivity contribution is 9.10. The molecule has 0 radical (unpaired) electrons. The Labute approximate surface area is 189 Å². The second-order valence-electron chi connectivity index (χ2n) is 6.74. The van der Waals surface area contributed by atoms with Crippen molar-refractivity contribution in [2.24, 2.45) is 0 Å². The van der Waals surface area contributed by atoms with Crippen molar-refractivity contribution >= 4 is 33.6 Å². The molecule has 0 saturated heterocycles. The van der Waals surface area contributed by atoms with E-state index in [4.69, 9.17) is 4.74 Å². The first-order chi connectivity index (χ1) is 14.5. The molecule has 0 saturated carbocycles. The summed E-state index contributed by atoms with van der Waals surface area (Å²) < 4.78 is 8.53. The number of carbonyl (C=O) groups excluding carboxylic acids is 1. The summed E-state index contributed by atoms with van der Waals surface area (Å²) >= 11 is 4.84. The van der Waals surface area contributed by atoms with Gasteiger partial charge in [0.25, 0.3) is 0 Å². The van der Waals surface area contributed by atoms with E-state index < -0.39 is 0 Å². The maximum atomic E-state index is 12.3. The Balaban J connectivity index is 1.92. The van der Waals surface area contributed by atoms with Gasteiger partial charge in [-0.25, -0.2) is 0 Å². The van der Waals surface area contributed by atoms with Crippen LogP contribution in [0.15, 0.2) is 58.2 Å². The lowest BCUT2D eigenvalue weighted by Crippen LogP contribution is -2.33. The molecule has 0 aliphatic rings. The van der Waals surface area contributed by atoms with Crippen LogP contribution in [-0.4, -0.2) is 39.1 Å². The number of nitrogens with zero attached hydrogens (tertiary/aromatic N) is 3. The van der Waals surface area contributed by atoms with E-state index in [9.17, 15) is 4.79 Å². The van der Waals surface area contributed by atoms with Crippen LogP contribution in [0.25, 0.3) is 17.1 Å². The Bertz CT molecular complexity index is 974. The first kappa shape index (κ1) is 22.4. The number of nitrogens with one attached hydrogen (secondary N) is 1. The van der Waals surface area contributed by atoms with Crippen molar-refractivity contribution < 1.29 is 9.53 Å². The molecule has 0 fully saturated rings. The molecule has 3 rings (SSSR count). The van der Waals surface area contributed by atoms with Gasteiger partial charge in [-0.05, 0) is 56.7 Å². The zero-order valence-corrected chi connectivity index (χ0v) is 19.7. The van der Waals surface area contributed by atoms with E-state index in [1.54, 1.807) is 0 Å². The molecule has 0 spiro atoms. The number of rotatable bonds is 9. The fourth-order valence-corrected chi connectivity index (χ4v) is 3.82. The summed E-state index contributed by atoms with van der Waals surface area (Å²) in [6.07, 6.45) is 0.895. The number of ether oxygens (including phenoxy) is 1. The van der Waals surface area contributed by atoms with E-state index >= 15 is 0 Å². The van der Waals surface area contributed by atoms with Gasteiger partial charge in [0, 0.05) is 21.8 Å². The summed E-state index contributed by atoms with van der Waals surface area (Å²) in [7, 11) is 0. The Morgan fingerprint density at radius 1 is 1.13 bits per heavy atom. The second kappa shape index (κ2) is 10.6. The standard InChI is InChI=1S/C22H25BrN4O2S/c1-4-15(3)24-20(28)14-30-22-26-25-21(16-6-8-17(23)9-7-16)27(22)18-10-12-19(13-11-18)29-5-2/h6-13,15H,4-5,14H2,1-3H3,(H,24,28). The average Bonchev–Trinajstić information content (AvgIpc) is 3.17. The largest absolute Gasteiger partial charge is 0.494 e. The van der Waals surface area contributed by atoms with Crippen LogP contribution in [-0.2, 0) is 4.79 Å². The average molecular weight is 489 g/mol. The SMILES string of the molecule is CCOc1ccc(-n2c(SCC(=O)NC(C)CC)nnc2-c2ccc(Br)cc2)cc1. The highest BCUT2D eigenvalue weighted by atomic mass is 79.9. The van der Waals surface area contributed by atoms with Crippen LogP contribution < -0.4 is 10.1 Å². The quantitative estimate of drug-likeness (QED) is 0.424. The third kappa shape index (κ3) is 5.64. The monoisotopic (exact) mass is 488 g/mol. The van der Waals surface area contributed by atoms with Crippen LogP contribution in [0.4, 0.5) is 0 Å². The Morgan fingerprint density at radius 2 is 1.83 bits per heavy atom. The van der Waals surface area contributed by atoms with E-state index in [2.05, 4.69) is 31.4 Å². The van der Waals surface area contributed by atoms with Gasteiger partial charge in [0.2, 0.25) is 5.91 Å². The molecule has 8 heteroatoms. The summed E-state index contributed by atoms with van der Waals surface area (Å²) in [6.45, 7) is 6.61. The molecule has 0 bridgehead atoms. The topological polar surface area (TPSA) is 69.0 Å². The first-order valence-corrected chi connectivity index (χ1v) is 11.7. The molecule has 1 unspecified atom stereocenters. The number of thioether (sulfide) groups is 1. The molecule has 1 heterocycles. The molecule has 1 N–H and O–H groups in total. The number of aromatic nitrogens is 3. The van der Waals surface area contributed by atoms with Gasteiger partial charge in [0.1, 0.15) is 5.75 Å². The second-order valence-corrected chi connectivity index (χ2v) is 8.60. The minimum absolute atomic E-state index is 0.0132. The van der Waals surface area contributed by atoms with Gasteiger partial charge in [-0.1, -0.05) is 46.7 Å². The minimum Gasteiger partial charge on any atom is -0.494 e. The normalized spacial score (nSPS) is 11.9. The third-order valence-electron chi connectivity index (χ3n) is 4.49. The van der Waals surface area contributed by atoms with Crippen LogP contribution in [0.1, 0.15) is 27.2 Å². The van der Waals surface area contributed by atoms with E-state index in [0.29, 0.717) is 11.8 Å². The van der Waals surface area contributed by atoms with Gasteiger partial charge in [0.05, 0.1) is 12.4 Å². The van der Waals surface area contributed by atoms with E-state index in [-0.39, 0.29) is 17.7 Å². The zero-order chi connectivity index (χ0) is 21.5. The van der Waals surface area contributed by atoms with Crippen LogP contribution in [0.3, 0.4) is 0 Å². The molecule has 30 heavy (non-hydrogen) atoms. The summed E-state index contributed by atoms with van der Waals surface area (Å²) in [4.78, 5) is 12.3. The van der Waals surface area contributed by atoms with Gasteiger partial charge in [-0.3, -0.25) is 9.36 Å². The molecule has 6 nitrogen and oxygen atoms in total. The van der Waals surface area contributed by atoms with Crippen molar-refractivity contribution in [2.45, 2.75) is 38.4 Å². The molecule has 2 aromatic carbocycles. The number of hydrogen-bond acceptors (Lipinski definition) is 5. The van der Waals surface area contributed by atoms with Crippen LogP contribution >= 0.6 is 27.7 Å². The van der Waals surface area contributed by atoms with E-state index in [1.165, 1.54) is 11.8 Å². The summed E-state index contributed by atoms with van der Waals surface area (Å²) in [5, 5.41) is 12.4. The smallest absolute Gasteiger partial charge is 0.230 e. The number of carbonyl (C=O) groups is 1. The van der Waals surface area contributed by atoms with Crippen LogP contribution in [0.5, 0.6) is 5.75 Å². The molecule has 3 aromatic rings. The van der Waals surface area contributed by atoms with Crippen molar-refractivity contribution in [1.82, 2.24) is 20.1 Å². The number of benzene rings is 2. The highest BCUT2D eigenvalue weighted by Gasteiger charge is 2.18. The molecule has 1 amide bonds. The molecule has 1 aromatic heterocycles. The van der Waals surface area contributed by atoms with Gasteiger partial charge >= 0.3 is 0 Å². The molecule has 0 aliphatic carbocycles. The molecule has 158 valence electrons. The Kier molecular flexibility index (Phi) is 7.93. The fourth-order valence-electron chi connectivity index (χ4n) is 2.79. The van der Waals surface area contributed by atoms with Crippen LogP contribution in [0, 0.1) is 0 Å². The Hall–Kier alpha value is -2.32. The van der Waals surface area contributed by atoms with E-state index in [1.807, 2.05) is 73.9 Å². The summed E-state index contributed by atoms with van der Waals surface area (Å²) in [6, 6.07) is 15.9. The number of halogens is 1. The van der Waals surface area contributed by atoms with Gasteiger partial charge < -0.3 is 10.1 Å². The summed E-state index contributed by atoms with van der Waals surface area (Å²) in [5.41, 5.74) is 1.85. The van der Waals surface area contributed by atoms with E-state index in [0.717, 1.165) is 33.7 Å². The minimum atomic E-state index is -0.0132. The molecule has 0 aliphatic heterocycles. The highest BCUT2D eigenvalue weighted by Crippen LogP contribution is 2.29. The van der Waals surface area contributed by atoms with Crippen molar-refractivity contribution in [1.29, 1.82) is 0 Å². The lowest BCUT2D eigenvalue weighted by atomic mass is 10.2. The number of amides is 1. The van der Waals surface area contributed by atoms with Gasteiger partial charge in [0.15, 0.2) is 11.0 Å². The predicted octanol–water partition coefficient (Wildman–Crippen LogP) is 5.10. The molecular formula is C22H25BrN4O2S. The first-order valence-electron chi connectivity index (χ1n) is 9.88. The lowest BCUT2D eigenvalue weighted by Gasteiger charge is -2.13. The zero-order valence-electron chi connectivity index (χ0n) is 17.3. The molecular weight excluding hydrogens is 464 g/mol. The molecule has 1 atom stereocenters. The van der Waals surface area contributed by atoms with Gasteiger partial charge in [-0.2, -0.15) is 0 Å². The van der Waals surface area contributed by atoms with Crippen molar-refractivity contribution in [2.75, 3.05) is 12.4 Å². The lowest BCUT2D eigenvalue weighted by molar-refractivity contribution is -0.119. The van der Waals surface area contributed by atoms with Gasteiger partial charge in [-0.15, -0.1) is 10.2 Å². The summed E-state index contributed by atoms with van der Waals surface area (Å²) in [5.74, 6) is 1.79. The predicted molar refractivity (Wildman–Crippen MR) is 124 cm³/mol.